The van der Waals surface area contributed by atoms with Gasteiger partial charge in [-0.3, -0.25) is 4.99 Å². The molecule has 1 aromatic carbocycles. The lowest BCUT2D eigenvalue weighted by molar-refractivity contribution is -0.144. The number of hydrogen-bond donors (Lipinski definition) is 0. The van der Waals surface area contributed by atoms with Crippen LogP contribution in [-0.4, -0.2) is 24.3 Å². The van der Waals surface area contributed by atoms with Gasteiger partial charge >= 0.3 is 5.97 Å². The van der Waals surface area contributed by atoms with Gasteiger partial charge in [0.05, 0.1) is 12.3 Å². The van der Waals surface area contributed by atoms with Crippen LogP contribution in [0.2, 0.25) is 0 Å². The van der Waals surface area contributed by atoms with E-state index in [0.717, 1.165) is 28.9 Å². The molecule has 4 nitrogen and oxygen atoms in total. The molecule has 1 atom stereocenters. The Hall–Kier alpha value is -2.10. The van der Waals surface area contributed by atoms with Gasteiger partial charge in [-0.15, -0.1) is 0 Å². The number of aliphatic imine (C=N–C) groups is 1. The maximum absolute atomic E-state index is 11.6. The van der Waals surface area contributed by atoms with E-state index >= 15 is 0 Å². The van der Waals surface area contributed by atoms with Crippen LogP contribution in [0.1, 0.15) is 25.5 Å². The van der Waals surface area contributed by atoms with Gasteiger partial charge in [-0.05, 0) is 31.9 Å². The van der Waals surface area contributed by atoms with Gasteiger partial charge in [0, 0.05) is 5.39 Å². The van der Waals surface area contributed by atoms with E-state index in [-0.39, 0.29) is 12.0 Å². The second kappa shape index (κ2) is 4.88. The summed E-state index contributed by atoms with van der Waals surface area (Å²) in [5, 5.41) is 1.06. The minimum atomic E-state index is -0.372. The van der Waals surface area contributed by atoms with Crippen molar-refractivity contribution in [1.82, 2.24) is 0 Å². The SMILES string of the molecule is CCOC(=O)[C@@H]1CCC(c2cc3ccccc3o2)=N1. The number of furan rings is 1. The number of carbonyl (C=O) groups excluding carboxylic acids is 1. The molecule has 0 N–H and O–H groups in total. The number of hydrogen-bond acceptors (Lipinski definition) is 4. The Morgan fingerprint density at radius 3 is 3.11 bits per heavy atom. The molecule has 0 unspecified atom stereocenters. The molecule has 0 fully saturated rings. The first kappa shape index (κ1) is 12.0. The van der Waals surface area contributed by atoms with Crippen molar-refractivity contribution in [3.8, 4) is 0 Å². The Labute approximate surface area is 111 Å². The summed E-state index contributed by atoms with van der Waals surface area (Å²) >= 11 is 0. The van der Waals surface area contributed by atoms with E-state index in [9.17, 15) is 4.79 Å². The highest BCUT2D eigenvalue weighted by molar-refractivity contribution is 6.04. The fourth-order valence-corrected chi connectivity index (χ4v) is 2.31. The molecular weight excluding hydrogens is 242 g/mol. The topological polar surface area (TPSA) is 51.8 Å². The normalized spacial score (nSPS) is 18.6. The molecule has 1 aliphatic heterocycles. The lowest BCUT2D eigenvalue weighted by atomic mass is 10.1. The van der Waals surface area contributed by atoms with Crippen LogP contribution in [0.5, 0.6) is 0 Å². The van der Waals surface area contributed by atoms with E-state index in [1.807, 2.05) is 30.3 Å². The highest BCUT2D eigenvalue weighted by Gasteiger charge is 2.27. The Kier molecular flexibility index (Phi) is 3.07. The first-order valence-corrected chi connectivity index (χ1v) is 6.50. The average Bonchev–Trinajstić information content (AvgIpc) is 3.05. The molecule has 0 bridgehead atoms. The van der Waals surface area contributed by atoms with Crippen molar-refractivity contribution >= 4 is 22.7 Å². The zero-order chi connectivity index (χ0) is 13.2. The minimum Gasteiger partial charge on any atom is -0.464 e. The Balaban J connectivity index is 1.86. The maximum atomic E-state index is 11.6. The molecule has 1 aromatic heterocycles. The summed E-state index contributed by atoms with van der Waals surface area (Å²) in [6.07, 6.45) is 1.45. The average molecular weight is 257 g/mol. The Morgan fingerprint density at radius 1 is 1.47 bits per heavy atom. The molecule has 0 radical (unpaired) electrons. The molecule has 1 aliphatic rings. The van der Waals surface area contributed by atoms with Crippen molar-refractivity contribution in [3.05, 3.63) is 36.1 Å². The second-order valence-corrected chi connectivity index (χ2v) is 4.53. The van der Waals surface area contributed by atoms with Crippen molar-refractivity contribution in [2.45, 2.75) is 25.8 Å². The van der Waals surface area contributed by atoms with Crippen molar-refractivity contribution in [1.29, 1.82) is 0 Å². The molecule has 4 heteroatoms. The second-order valence-electron chi connectivity index (χ2n) is 4.53. The molecule has 0 spiro atoms. The number of nitrogens with zero attached hydrogens (tertiary/aromatic N) is 1. The summed E-state index contributed by atoms with van der Waals surface area (Å²) in [4.78, 5) is 16.1. The van der Waals surface area contributed by atoms with Crippen LogP contribution in [0.15, 0.2) is 39.7 Å². The van der Waals surface area contributed by atoms with E-state index in [0.29, 0.717) is 13.0 Å². The lowest BCUT2D eigenvalue weighted by Crippen LogP contribution is -2.18. The summed E-state index contributed by atoms with van der Waals surface area (Å²) in [5.74, 6) is 0.515. The number of esters is 1. The number of rotatable bonds is 3. The van der Waals surface area contributed by atoms with Crippen molar-refractivity contribution < 1.29 is 13.9 Å². The van der Waals surface area contributed by atoms with Gasteiger partial charge in [0.25, 0.3) is 0 Å². The zero-order valence-electron chi connectivity index (χ0n) is 10.8. The van der Waals surface area contributed by atoms with Gasteiger partial charge in [-0.25, -0.2) is 4.79 Å². The quantitative estimate of drug-likeness (QED) is 0.794. The summed E-state index contributed by atoms with van der Waals surface area (Å²) in [7, 11) is 0. The lowest BCUT2D eigenvalue weighted by Gasteiger charge is -2.04. The highest BCUT2D eigenvalue weighted by atomic mass is 16.5. The van der Waals surface area contributed by atoms with Crippen LogP contribution >= 0.6 is 0 Å². The van der Waals surface area contributed by atoms with E-state index in [1.165, 1.54) is 0 Å². The van der Waals surface area contributed by atoms with Gasteiger partial charge in [0.15, 0.2) is 0 Å². The molecular formula is C15H15NO3. The predicted molar refractivity (Wildman–Crippen MR) is 72.4 cm³/mol. The molecule has 2 heterocycles. The van der Waals surface area contributed by atoms with Crippen LogP contribution in [-0.2, 0) is 9.53 Å². The number of para-hydroxylation sites is 1. The van der Waals surface area contributed by atoms with Gasteiger partial charge in [-0.2, -0.15) is 0 Å². The molecule has 3 rings (SSSR count). The third-order valence-corrected chi connectivity index (χ3v) is 3.23. The van der Waals surface area contributed by atoms with Gasteiger partial charge < -0.3 is 9.15 Å². The smallest absolute Gasteiger partial charge is 0.330 e. The van der Waals surface area contributed by atoms with Crippen LogP contribution in [0.25, 0.3) is 11.0 Å². The third-order valence-electron chi connectivity index (χ3n) is 3.23. The molecule has 2 aromatic rings. The maximum Gasteiger partial charge on any atom is 0.330 e. The molecule has 19 heavy (non-hydrogen) atoms. The van der Waals surface area contributed by atoms with E-state index in [4.69, 9.17) is 9.15 Å². The Morgan fingerprint density at radius 2 is 2.32 bits per heavy atom. The Bertz CT molecular complexity index is 609. The largest absolute Gasteiger partial charge is 0.464 e. The third kappa shape index (κ3) is 2.26. The van der Waals surface area contributed by atoms with E-state index < -0.39 is 0 Å². The molecule has 0 aliphatic carbocycles. The molecule has 98 valence electrons. The van der Waals surface area contributed by atoms with Crippen LogP contribution in [0.4, 0.5) is 0 Å². The summed E-state index contributed by atoms with van der Waals surface area (Å²) in [5.41, 5.74) is 1.70. The van der Waals surface area contributed by atoms with Crippen LogP contribution in [0, 0.1) is 0 Å². The van der Waals surface area contributed by atoms with Gasteiger partial charge in [-0.1, -0.05) is 18.2 Å². The predicted octanol–water partition coefficient (Wildman–Crippen LogP) is 2.95. The molecule has 0 amide bonds. The molecule has 0 saturated heterocycles. The van der Waals surface area contributed by atoms with Gasteiger partial charge in [0.1, 0.15) is 17.4 Å². The summed E-state index contributed by atoms with van der Waals surface area (Å²) < 4.78 is 10.7. The minimum absolute atomic E-state index is 0.242. The van der Waals surface area contributed by atoms with Crippen LogP contribution in [0.3, 0.4) is 0 Å². The van der Waals surface area contributed by atoms with E-state index in [2.05, 4.69) is 4.99 Å². The summed E-state index contributed by atoms with van der Waals surface area (Å²) in [6.45, 7) is 2.20. The number of fused-ring (bicyclic) bond motifs is 1. The summed E-state index contributed by atoms with van der Waals surface area (Å²) in [6, 6.07) is 9.44. The van der Waals surface area contributed by atoms with Crippen molar-refractivity contribution in [3.63, 3.8) is 0 Å². The first-order chi connectivity index (χ1) is 9.28. The number of ether oxygens (including phenoxy) is 1. The highest BCUT2D eigenvalue weighted by Crippen LogP contribution is 2.25. The number of benzene rings is 1. The fraction of sp³-hybridized carbons (Fsp3) is 0.333. The first-order valence-electron chi connectivity index (χ1n) is 6.50. The van der Waals surface area contributed by atoms with E-state index in [1.54, 1.807) is 6.92 Å². The standard InChI is InChI=1S/C15H15NO3/c1-2-18-15(17)12-8-7-11(16-12)14-9-10-5-3-4-6-13(10)19-14/h3-6,9,12H,2,7-8H2,1H3/t12-/m0/s1. The zero-order valence-corrected chi connectivity index (χ0v) is 10.8. The fourth-order valence-electron chi connectivity index (χ4n) is 2.31. The van der Waals surface area contributed by atoms with Crippen LogP contribution < -0.4 is 0 Å². The van der Waals surface area contributed by atoms with Gasteiger partial charge in [0.2, 0.25) is 0 Å². The molecule has 0 saturated carbocycles. The monoisotopic (exact) mass is 257 g/mol. The number of carbonyl (C=O) groups is 1. The van der Waals surface area contributed by atoms with Crippen molar-refractivity contribution in [2.75, 3.05) is 6.61 Å². The van der Waals surface area contributed by atoms with Crippen molar-refractivity contribution in [2.24, 2.45) is 4.99 Å².